The minimum absolute atomic E-state index is 0.00847. The van der Waals surface area contributed by atoms with Gasteiger partial charge in [0, 0.05) is 55.6 Å². The highest BCUT2D eigenvalue weighted by molar-refractivity contribution is 7.09. The number of amides is 3. The number of nitrogens with zero attached hydrogens (tertiary/aromatic N) is 7. The first kappa shape index (κ1) is 27.2. The Kier molecular flexibility index (Phi) is 7.99. The molecule has 5 rings (SSSR count). The summed E-state index contributed by atoms with van der Waals surface area (Å²) >= 11 is 1.50. The van der Waals surface area contributed by atoms with Crippen molar-refractivity contribution in [3.05, 3.63) is 57.3 Å². The molecule has 2 aliphatic rings. The number of nitrogens with one attached hydrogen (secondary N) is 2. The summed E-state index contributed by atoms with van der Waals surface area (Å²) in [6, 6.07) is 5.04. The second-order valence-electron chi connectivity index (χ2n) is 9.84. The SMILES string of the molecule is CC(Nc1cc(NC(=O)N2CCCc3cc(CN4CCN(C)CC4=O)c(C=O)nc32)ncc1C#N)c1nccs1. The second kappa shape index (κ2) is 11.8. The number of carbonyl (C=O) groups is 3. The highest BCUT2D eigenvalue weighted by Gasteiger charge is 2.28. The van der Waals surface area contributed by atoms with Crippen LogP contribution in [0.15, 0.2) is 29.9 Å². The number of carbonyl (C=O) groups excluding carboxylic acids is 3. The van der Waals surface area contributed by atoms with E-state index in [1.807, 2.05) is 30.3 Å². The lowest BCUT2D eigenvalue weighted by Crippen LogP contribution is -2.48. The number of aromatic nitrogens is 3. The highest BCUT2D eigenvalue weighted by Crippen LogP contribution is 2.29. The first-order chi connectivity index (χ1) is 19.4. The number of likely N-dealkylation sites (N-methyl/N-ethyl adjacent to an activating group) is 1. The first-order valence-corrected chi connectivity index (χ1v) is 13.8. The third-order valence-electron chi connectivity index (χ3n) is 6.96. The Bertz CT molecular complexity index is 1470. The van der Waals surface area contributed by atoms with Crippen molar-refractivity contribution in [3.63, 3.8) is 0 Å². The number of hydrogen-bond donors (Lipinski definition) is 2. The summed E-state index contributed by atoms with van der Waals surface area (Å²) in [5.74, 6) is 0.698. The number of thiazole rings is 1. The van der Waals surface area contributed by atoms with Gasteiger partial charge in [-0.05, 0) is 38.4 Å². The van der Waals surface area contributed by atoms with Crippen molar-refractivity contribution >= 4 is 46.9 Å². The standard InChI is InChI=1S/C27H29N9O3S/c1-17(26-29-5-9-40-26)31-21-11-23(30-13-20(21)12-28)33-27(39)36-6-3-4-18-10-19(22(16-37)32-25(18)36)14-35-8-7-34(2)15-24(35)38/h5,9-11,13,16-17H,3-4,6-8,14-15H2,1-2H3,(H2,30,31,33,39). The Labute approximate surface area is 235 Å². The van der Waals surface area contributed by atoms with E-state index in [0.29, 0.717) is 67.9 Å². The van der Waals surface area contributed by atoms with Crippen molar-refractivity contribution in [2.75, 3.05) is 48.8 Å². The van der Waals surface area contributed by atoms with Gasteiger partial charge < -0.3 is 10.2 Å². The van der Waals surface area contributed by atoms with E-state index >= 15 is 0 Å². The Morgan fingerprint density at radius 1 is 1.27 bits per heavy atom. The van der Waals surface area contributed by atoms with Gasteiger partial charge >= 0.3 is 6.03 Å². The average molecular weight is 560 g/mol. The highest BCUT2D eigenvalue weighted by atomic mass is 32.1. The van der Waals surface area contributed by atoms with Gasteiger partial charge in [0.2, 0.25) is 5.91 Å². The monoisotopic (exact) mass is 559 g/mol. The van der Waals surface area contributed by atoms with Crippen molar-refractivity contribution in [2.24, 2.45) is 0 Å². The van der Waals surface area contributed by atoms with Crippen molar-refractivity contribution in [3.8, 4) is 6.07 Å². The van der Waals surface area contributed by atoms with Crippen LogP contribution in [0.3, 0.4) is 0 Å². The number of piperazine rings is 1. The largest absolute Gasteiger partial charge is 0.375 e. The quantitative estimate of drug-likeness (QED) is 0.417. The fourth-order valence-electron chi connectivity index (χ4n) is 4.84. The summed E-state index contributed by atoms with van der Waals surface area (Å²) < 4.78 is 0. The lowest BCUT2D eigenvalue weighted by Gasteiger charge is -2.33. The number of rotatable bonds is 7. The lowest BCUT2D eigenvalue weighted by atomic mass is 10.0. The number of fused-ring (bicyclic) bond motifs is 1. The van der Waals surface area contributed by atoms with Crippen LogP contribution in [-0.2, 0) is 17.8 Å². The van der Waals surface area contributed by atoms with Gasteiger partial charge in [-0.15, -0.1) is 11.3 Å². The summed E-state index contributed by atoms with van der Waals surface area (Å²) in [6.07, 6.45) is 5.22. The molecule has 1 saturated heterocycles. The first-order valence-electron chi connectivity index (χ1n) is 12.9. The van der Waals surface area contributed by atoms with Crippen LogP contribution in [0.1, 0.15) is 51.6 Å². The molecule has 3 aromatic rings. The van der Waals surface area contributed by atoms with Crippen LogP contribution in [0.4, 0.5) is 22.1 Å². The van der Waals surface area contributed by atoms with Gasteiger partial charge in [0.25, 0.3) is 0 Å². The van der Waals surface area contributed by atoms with Gasteiger partial charge in [-0.3, -0.25) is 24.7 Å². The van der Waals surface area contributed by atoms with Crippen molar-refractivity contribution < 1.29 is 14.4 Å². The van der Waals surface area contributed by atoms with E-state index in [1.165, 1.54) is 22.4 Å². The molecule has 5 heterocycles. The summed E-state index contributed by atoms with van der Waals surface area (Å²) in [6.45, 7) is 4.34. The Balaban J connectivity index is 1.35. The number of aldehydes is 1. The van der Waals surface area contributed by atoms with Crippen molar-refractivity contribution in [2.45, 2.75) is 32.4 Å². The van der Waals surface area contributed by atoms with Gasteiger partial charge in [-0.25, -0.2) is 19.7 Å². The molecule has 0 radical (unpaired) electrons. The third-order valence-corrected chi connectivity index (χ3v) is 7.91. The minimum atomic E-state index is -0.441. The molecule has 13 heteroatoms. The number of nitriles is 1. The van der Waals surface area contributed by atoms with Crippen LogP contribution in [-0.4, -0.2) is 76.2 Å². The van der Waals surface area contributed by atoms with Crippen LogP contribution in [0, 0.1) is 11.3 Å². The van der Waals surface area contributed by atoms with E-state index in [-0.39, 0.29) is 23.5 Å². The summed E-state index contributed by atoms with van der Waals surface area (Å²) in [5.41, 5.74) is 2.60. The number of anilines is 3. The zero-order valence-corrected chi connectivity index (χ0v) is 23.1. The molecule has 1 unspecified atom stereocenters. The van der Waals surface area contributed by atoms with Crippen LogP contribution in [0.2, 0.25) is 0 Å². The molecule has 0 aliphatic carbocycles. The minimum Gasteiger partial charge on any atom is -0.375 e. The maximum atomic E-state index is 13.4. The maximum Gasteiger partial charge on any atom is 0.328 e. The van der Waals surface area contributed by atoms with Crippen LogP contribution < -0.4 is 15.5 Å². The molecule has 1 atom stereocenters. The lowest BCUT2D eigenvalue weighted by molar-refractivity contribution is -0.136. The smallest absolute Gasteiger partial charge is 0.328 e. The van der Waals surface area contributed by atoms with Gasteiger partial charge in [0.1, 0.15) is 28.4 Å². The molecular weight excluding hydrogens is 530 g/mol. The third kappa shape index (κ3) is 5.78. The van der Waals surface area contributed by atoms with Gasteiger partial charge in [-0.2, -0.15) is 5.26 Å². The molecule has 0 bridgehead atoms. The van der Waals surface area contributed by atoms with Crippen LogP contribution in [0.25, 0.3) is 0 Å². The summed E-state index contributed by atoms with van der Waals surface area (Å²) in [7, 11) is 1.90. The molecule has 3 aromatic heterocycles. The molecule has 3 amide bonds. The van der Waals surface area contributed by atoms with Gasteiger partial charge in [-0.1, -0.05) is 0 Å². The molecule has 0 spiro atoms. The van der Waals surface area contributed by atoms with Crippen LogP contribution >= 0.6 is 11.3 Å². The Hall–Kier alpha value is -4.41. The number of pyridine rings is 2. The Morgan fingerprint density at radius 3 is 2.85 bits per heavy atom. The zero-order chi connectivity index (χ0) is 28.2. The normalized spacial score (nSPS) is 16.2. The molecule has 1 fully saturated rings. The fourth-order valence-corrected chi connectivity index (χ4v) is 5.48. The molecule has 40 heavy (non-hydrogen) atoms. The van der Waals surface area contributed by atoms with Crippen molar-refractivity contribution in [1.29, 1.82) is 5.26 Å². The maximum absolute atomic E-state index is 13.4. The molecule has 206 valence electrons. The van der Waals surface area contributed by atoms with E-state index in [9.17, 15) is 19.6 Å². The average Bonchev–Trinajstić information content (AvgIpc) is 3.49. The Morgan fingerprint density at radius 2 is 2.12 bits per heavy atom. The molecule has 12 nitrogen and oxygen atoms in total. The molecule has 0 saturated carbocycles. The van der Waals surface area contributed by atoms with E-state index in [1.54, 1.807) is 17.2 Å². The number of aryl methyl sites for hydroxylation is 1. The van der Waals surface area contributed by atoms with E-state index in [4.69, 9.17) is 0 Å². The molecule has 0 aromatic carbocycles. The molecule has 2 aliphatic heterocycles. The van der Waals surface area contributed by atoms with Crippen LogP contribution in [0.5, 0.6) is 0 Å². The summed E-state index contributed by atoms with van der Waals surface area (Å²) in [5, 5.41) is 18.4. The summed E-state index contributed by atoms with van der Waals surface area (Å²) in [4.78, 5) is 56.2. The predicted octanol–water partition coefficient (Wildman–Crippen LogP) is 3.05. The van der Waals surface area contributed by atoms with Gasteiger partial charge in [0.15, 0.2) is 6.29 Å². The van der Waals surface area contributed by atoms with Crippen molar-refractivity contribution in [1.82, 2.24) is 24.8 Å². The van der Waals surface area contributed by atoms with E-state index in [0.717, 1.165) is 17.1 Å². The predicted molar refractivity (Wildman–Crippen MR) is 150 cm³/mol. The topological polar surface area (TPSA) is 147 Å². The molecular formula is C27H29N9O3S. The van der Waals surface area contributed by atoms with Gasteiger partial charge in [0.05, 0.1) is 23.8 Å². The second-order valence-corrected chi connectivity index (χ2v) is 10.8. The van der Waals surface area contributed by atoms with E-state index in [2.05, 4.69) is 31.7 Å². The number of urea groups is 1. The van der Waals surface area contributed by atoms with E-state index < -0.39 is 6.03 Å². The number of hydrogen-bond acceptors (Lipinski definition) is 10. The fraction of sp³-hybridized carbons (Fsp3) is 0.370. The molecule has 2 N–H and O–H groups in total. The zero-order valence-electron chi connectivity index (χ0n) is 22.3.